The summed E-state index contributed by atoms with van der Waals surface area (Å²) in [5.41, 5.74) is 0.407. The normalized spacial score (nSPS) is 16.6. The van der Waals surface area contributed by atoms with Gasteiger partial charge in [-0.2, -0.15) is 0 Å². The fraction of sp³-hybridized carbons (Fsp3) is 0.455. The van der Waals surface area contributed by atoms with Crippen LogP contribution < -0.4 is 0 Å². The molecule has 15 heavy (non-hydrogen) atoms. The number of hydrogen-bond donors (Lipinski definition) is 0. The first kappa shape index (κ1) is 11.5. The summed E-state index contributed by atoms with van der Waals surface area (Å²) in [5, 5.41) is 0. The summed E-state index contributed by atoms with van der Waals surface area (Å²) in [6.45, 7) is 1.93. The van der Waals surface area contributed by atoms with Gasteiger partial charge >= 0.3 is 0 Å². The number of ketones is 2. The first-order valence-corrected chi connectivity index (χ1v) is 4.77. The number of Topliss-reactive ketones (excluding diaryl/α,β-unsaturated/α-hetero) is 1. The van der Waals surface area contributed by atoms with Crippen LogP contribution in [0.1, 0.15) is 19.8 Å². The number of ether oxygens (including phenoxy) is 2. The van der Waals surface area contributed by atoms with Crippen molar-refractivity contribution in [2.45, 2.75) is 19.8 Å². The van der Waals surface area contributed by atoms with Crippen molar-refractivity contribution < 1.29 is 19.1 Å². The van der Waals surface area contributed by atoms with Crippen LogP contribution in [0.5, 0.6) is 0 Å². The van der Waals surface area contributed by atoms with E-state index in [-0.39, 0.29) is 23.1 Å². The van der Waals surface area contributed by atoms with Crippen molar-refractivity contribution in [1.82, 2.24) is 0 Å². The third kappa shape index (κ3) is 2.09. The molecule has 0 N–H and O–H groups in total. The van der Waals surface area contributed by atoms with Crippen LogP contribution in [0, 0.1) is 0 Å². The van der Waals surface area contributed by atoms with Crippen molar-refractivity contribution in [2.24, 2.45) is 0 Å². The first-order chi connectivity index (χ1) is 7.15. The molecule has 0 spiro atoms. The number of allylic oxidation sites excluding steroid dienone is 2. The highest BCUT2D eigenvalue weighted by molar-refractivity contribution is 6.21. The van der Waals surface area contributed by atoms with E-state index in [0.29, 0.717) is 12.0 Å². The second kappa shape index (κ2) is 4.77. The first-order valence-electron chi connectivity index (χ1n) is 4.77. The number of carbonyl (C=O) groups excluding carboxylic acids is 2. The Balaban J connectivity index is 3.12. The number of hydrogen-bond acceptors (Lipinski definition) is 4. The van der Waals surface area contributed by atoms with Gasteiger partial charge in [0.15, 0.2) is 11.5 Å². The summed E-state index contributed by atoms with van der Waals surface area (Å²) in [4.78, 5) is 23.3. The zero-order valence-electron chi connectivity index (χ0n) is 9.12. The molecule has 82 valence electrons. The minimum Gasteiger partial charge on any atom is -0.493 e. The minimum atomic E-state index is -0.308. The molecular formula is C11H14O4. The van der Waals surface area contributed by atoms with E-state index in [2.05, 4.69) is 0 Å². The summed E-state index contributed by atoms with van der Waals surface area (Å²) in [6, 6.07) is 0. The zero-order chi connectivity index (χ0) is 11.4. The Morgan fingerprint density at radius 1 is 1.20 bits per heavy atom. The quantitative estimate of drug-likeness (QED) is 0.657. The average molecular weight is 210 g/mol. The molecule has 1 aliphatic carbocycles. The second-order valence-electron chi connectivity index (χ2n) is 3.17. The Bertz CT molecular complexity index is 350. The van der Waals surface area contributed by atoms with Crippen molar-refractivity contribution in [1.29, 1.82) is 0 Å². The van der Waals surface area contributed by atoms with Crippen LogP contribution in [-0.4, -0.2) is 25.8 Å². The fourth-order valence-corrected chi connectivity index (χ4v) is 1.50. The lowest BCUT2D eigenvalue weighted by molar-refractivity contribution is -0.120. The molecule has 0 unspecified atom stereocenters. The van der Waals surface area contributed by atoms with E-state index in [1.54, 1.807) is 0 Å². The molecule has 0 saturated heterocycles. The highest BCUT2D eigenvalue weighted by atomic mass is 16.5. The van der Waals surface area contributed by atoms with Crippen molar-refractivity contribution in [3.8, 4) is 0 Å². The Kier molecular flexibility index (Phi) is 3.66. The van der Waals surface area contributed by atoms with Gasteiger partial charge in [-0.15, -0.1) is 0 Å². The predicted molar refractivity (Wildman–Crippen MR) is 54.0 cm³/mol. The Morgan fingerprint density at radius 3 is 2.33 bits per heavy atom. The maximum atomic E-state index is 11.8. The molecule has 1 rings (SSSR count). The molecule has 0 heterocycles. The Labute approximate surface area is 88.6 Å². The summed E-state index contributed by atoms with van der Waals surface area (Å²) in [6.07, 6.45) is 2.47. The molecule has 4 heteroatoms. The lowest BCUT2D eigenvalue weighted by Gasteiger charge is -2.16. The molecule has 0 aliphatic heterocycles. The molecule has 0 bridgehead atoms. The van der Waals surface area contributed by atoms with Crippen LogP contribution in [-0.2, 0) is 19.1 Å². The highest BCUT2D eigenvalue weighted by Gasteiger charge is 2.29. The van der Waals surface area contributed by atoms with E-state index in [0.717, 1.165) is 6.42 Å². The maximum Gasteiger partial charge on any atom is 0.227 e. The van der Waals surface area contributed by atoms with Crippen molar-refractivity contribution in [2.75, 3.05) is 14.2 Å². The molecule has 0 amide bonds. The van der Waals surface area contributed by atoms with Crippen LogP contribution in [0.3, 0.4) is 0 Å². The third-order valence-electron chi connectivity index (χ3n) is 2.18. The van der Waals surface area contributed by atoms with Gasteiger partial charge in [-0.05, 0) is 6.42 Å². The lowest BCUT2D eigenvalue weighted by Crippen LogP contribution is -2.21. The molecule has 0 fully saturated rings. The second-order valence-corrected chi connectivity index (χ2v) is 3.17. The van der Waals surface area contributed by atoms with Crippen molar-refractivity contribution in [3.05, 3.63) is 23.2 Å². The van der Waals surface area contributed by atoms with Gasteiger partial charge in [-0.3, -0.25) is 9.59 Å². The minimum absolute atomic E-state index is 0.0873. The van der Waals surface area contributed by atoms with E-state index in [1.165, 1.54) is 20.3 Å². The summed E-state index contributed by atoms with van der Waals surface area (Å²) >= 11 is 0. The van der Waals surface area contributed by atoms with Gasteiger partial charge in [0.2, 0.25) is 11.6 Å². The summed E-state index contributed by atoms with van der Waals surface area (Å²) in [5.74, 6) is -0.333. The number of methoxy groups -OCH3 is 2. The smallest absolute Gasteiger partial charge is 0.227 e. The van der Waals surface area contributed by atoms with Crippen LogP contribution in [0.4, 0.5) is 0 Å². The highest BCUT2D eigenvalue weighted by Crippen LogP contribution is 2.23. The topological polar surface area (TPSA) is 52.6 Å². The van der Waals surface area contributed by atoms with Gasteiger partial charge in [-0.1, -0.05) is 13.3 Å². The zero-order valence-corrected chi connectivity index (χ0v) is 9.12. The van der Waals surface area contributed by atoms with Gasteiger partial charge in [0.25, 0.3) is 0 Å². The maximum absolute atomic E-state index is 11.8. The molecular weight excluding hydrogens is 196 g/mol. The number of carbonyl (C=O) groups is 2. The van der Waals surface area contributed by atoms with Gasteiger partial charge in [-0.25, -0.2) is 0 Å². The molecule has 0 radical (unpaired) electrons. The molecule has 0 saturated carbocycles. The fourth-order valence-electron chi connectivity index (χ4n) is 1.50. The molecule has 0 aromatic heterocycles. The standard InChI is InChI=1S/C11H14O4/c1-4-5-7-10(13)9(14-2)6-8(12)11(7)15-3/h6H,4-5H2,1-3H3. The van der Waals surface area contributed by atoms with E-state index >= 15 is 0 Å². The predicted octanol–water partition coefficient (Wildman–Crippen LogP) is 1.37. The Hall–Kier alpha value is -1.58. The largest absolute Gasteiger partial charge is 0.493 e. The van der Waals surface area contributed by atoms with Crippen LogP contribution in [0.2, 0.25) is 0 Å². The van der Waals surface area contributed by atoms with Crippen molar-refractivity contribution >= 4 is 11.6 Å². The van der Waals surface area contributed by atoms with E-state index in [1.807, 2.05) is 6.92 Å². The van der Waals surface area contributed by atoms with Crippen LogP contribution in [0.15, 0.2) is 23.2 Å². The SMILES string of the molecule is CCCC1=C(OC)C(=O)C=C(OC)C1=O. The van der Waals surface area contributed by atoms with E-state index in [9.17, 15) is 9.59 Å². The summed E-state index contributed by atoms with van der Waals surface area (Å²) in [7, 11) is 2.76. The molecule has 1 aliphatic rings. The van der Waals surface area contributed by atoms with Crippen LogP contribution >= 0.6 is 0 Å². The summed E-state index contributed by atoms with van der Waals surface area (Å²) < 4.78 is 9.79. The van der Waals surface area contributed by atoms with Crippen molar-refractivity contribution in [3.63, 3.8) is 0 Å². The lowest BCUT2D eigenvalue weighted by atomic mass is 9.96. The molecule has 4 nitrogen and oxygen atoms in total. The third-order valence-corrected chi connectivity index (χ3v) is 2.18. The van der Waals surface area contributed by atoms with Gasteiger partial charge in [0.05, 0.1) is 14.2 Å². The van der Waals surface area contributed by atoms with Crippen LogP contribution in [0.25, 0.3) is 0 Å². The van der Waals surface area contributed by atoms with Gasteiger partial charge in [0.1, 0.15) is 0 Å². The molecule has 0 aromatic carbocycles. The number of rotatable bonds is 4. The Morgan fingerprint density at radius 2 is 1.87 bits per heavy atom. The average Bonchev–Trinajstić information content (AvgIpc) is 2.23. The van der Waals surface area contributed by atoms with E-state index < -0.39 is 0 Å². The molecule has 0 atom stereocenters. The van der Waals surface area contributed by atoms with Gasteiger partial charge < -0.3 is 9.47 Å². The monoisotopic (exact) mass is 210 g/mol. The van der Waals surface area contributed by atoms with E-state index in [4.69, 9.17) is 9.47 Å². The molecule has 0 aromatic rings. The van der Waals surface area contributed by atoms with Gasteiger partial charge in [0, 0.05) is 11.6 Å².